The molecule has 0 atom stereocenters. The highest BCUT2D eigenvalue weighted by Crippen LogP contribution is 2.30. The first-order valence-electron chi connectivity index (χ1n) is 3.75. The van der Waals surface area contributed by atoms with Gasteiger partial charge in [0.05, 0.1) is 5.56 Å². The van der Waals surface area contributed by atoms with E-state index in [-0.39, 0.29) is 23.1 Å². The smallest absolute Gasteiger partial charge is 0.188 e. The largest absolute Gasteiger partial charge is 0.465 e. The van der Waals surface area contributed by atoms with Crippen LogP contribution in [-0.2, 0) is 4.74 Å². The molecule has 0 fully saturated rings. The third-order valence-electron chi connectivity index (χ3n) is 1.53. The lowest BCUT2D eigenvalue weighted by molar-refractivity contribution is 0.0504. The molecule has 0 amide bonds. The number of rotatable bonds is 4. The molecule has 0 aromatic heterocycles. The van der Waals surface area contributed by atoms with Crippen LogP contribution in [0.3, 0.4) is 0 Å². The molecule has 0 saturated heterocycles. The molecular formula is C9H8ClFO3. The highest BCUT2D eigenvalue weighted by molar-refractivity contribution is 6.32. The summed E-state index contributed by atoms with van der Waals surface area (Å²) < 4.78 is 22.5. The Balaban J connectivity index is 3.07. The summed E-state index contributed by atoms with van der Waals surface area (Å²) in [6.45, 7) is -0.0932. The van der Waals surface area contributed by atoms with Crippen molar-refractivity contribution in [2.24, 2.45) is 0 Å². The van der Waals surface area contributed by atoms with E-state index in [4.69, 9.17) is 16.3 Å². The summed E-state index contributed by atoms with van der Waals surface area (Å²) in [5.74, 6) is -0.633. The van der Waals surface area contributed by atoms with E-state index < -0.39 is 5.82 Å². The number of hydrogen-bond donors (Lipinski definition) is 0. The molecule has 14 heavy (non-hydrogen) atoms. The molecule has 3 nitrogen and oxygen atoms in total. The van der Waals surface area contributed by atoms with Crippen LogP contribution < -0.4 is 4.74 Å². The third-order valence-corrected chi connectivity index (χ3v) is 1.88. The summed E-state index contributed by atoms with van der Waals surface area (Å²) in [6, 6.07) is 2.39. The zero-order chi connectivity index (χ0) is 10.6. The first-order chi connectivity index (χ1) is 6.70. The van der Waals surface area contributed by atoms with Crippen LogP contribution in [0.15, 0.2) is 12.1 Å². The van der Waals surface area contributed by atoms with Gasteiger partial charge in [-0.15, -0.1) is 0 Å². The van der Waals surface area contributed by atoms with Crippen molar-refractivity contribution in [1.29, 1.82) is 0 Å². The standard InChI is InChI=1S/C9H8ClFO3/c1-13-5-14-9-6(4-12)2-3-7(11)8(9)10/h2-4H,5H2,1H3. The fourth-order valence-electron chi connectivity index (χ4n) is 0.904. The van der Waals surface area contributed by atoms with Crippen molar-refractivity contribution < 1.29 is 18.7 Å². The first kappa shape index (κ1) is 10.9. The molecule has 0 unspecified atom stereocenters. The minimum atomic E-state index is -0.636. The molecule has 0 bridgehead atoms. The van der Waals surface area contributed by atoms with E-state index in [1.54, 1.807) is 0 Å². The average Bonchev–Trinajstić information content (AvgIpc) is 2.20. The van der Waals surface area contributed by atoms with E-state index in [1.807, 2.05) is 0 Å². The van der Waals surface area contributed by atoms with Gasteiger partial charge in [-0.2, -0.15) is 0 Å². The molecule has 1 aromatic rings. The minimum absolute atomic E-state index is 0.00326. The Bertz CT molecular complexity index is 341. The van der Waals surface area contributed by atoms with Crippen molar-refractivity contribution in [3.05, 3.63) is 28.5 Å². The fraction of sp³-hybridized carbons (Fsp3) is 0.222. The molecule has 5 heteroatoms. The number of ether oxygens (including phenoxy) is 2. The maximum Gasteiger partial charge on any atom is 0.188 e. The number of carbonyl (C=O) groups is 1. The lowest BCUT2D eigenvalue weighted by atomic mass is 10.2. The van der Waals surface area contributed by atoms with Gasteiger partial charge in [0.1, 0.15) is 10.8 Å². The SMILES string of the molecule is COCOc1c(C=O)ccc(F)c1Cl. The number of carbonyl (C=O) groups excluding carboxylic acids is 1. The normalized spacial score (nSPS) is 9.93. The predicted octanol–water partition coefficient (Wildman–Crippen LogP) is 2.27. The Kier molecular flexibility index (Phi) is 3.85. The predicted molar refractivity (Wildman–Crippen MR) is 49.3 cm³/mol. The van der Waals surface area contributed by atoms with Crippen molar-refractivity contribution >= 4 is 17.9 Å². The van der Waals surface area contributed by atoms with Crippen LogP contribution >= 0.6 is 11.6 Å². The maximum absolute atomic E-state index is 13.0. The molecule has 1 rings (SSSR count). The molecule has 0 aliphatic heterocycles. The maximum atomic E-state index is 13.0. The Morgan fingerprint density at radius 3 is 2.86 bits per heavy atom. The summed E-state index contributed by atoms with van der Waals surface area (Å²) in [5.41, 5.74) is 0.188. The van der Waals surface area contributed by atoms with Crippen molar-refractivity contribution in [3.63, 3.8) is 0 Å². The van der Waals surface area contributed by atoms with Gasteiger partial charge < -0.3 is 9.47 Å². The van der Waals surface area contributed by atoms with Crippen LogP contribution in [0.2, 0.25) is 5.02 Å². The monoisotopic (exact) mass is 218 g/mol. The van der Waals surface area contributed by atoms with Crippen LogP contribution in [-0.4, -0.2) is 20.2 Å². The van der Waals surface area contributed by atoms with Gasteiger partial charge >= 0.3 is 0 Å². The van der Waals surface area contributed by atoms with Gasteiger partial charge in [0.25, 0.3) is 0 Å². The molecule has 1 aromatic carbocycles. The van der Waals surface area contributed by atoms with Crippen LogP contribution in [0.1, 0.15) is 10.4 Å². The average molecular weight is 219 g/mol. The summed E-state index contributed by atoms with van der Waals surface area (Å²) in [4.78, 5) is 10.6. The highest BCUT2D eigenvalue weighted by atomic mass is 35.5. The summed E-state index contributed by atoms with van der Waals surface area (Å²) in [6.07, 6.45) is 0.538. The Labute approximate surface area is 85.4 Å². The van der Waals surface area contributed by atoms with Crippen molar-refractivity contribution in [2.45, 2.75) is 0 Å². The quantitative estimate of drug-likeness (QED) is 0.575. The number of benzene rings is 1. The van der Waals surface area contributed by atoms with E-state index in [2.05, 4.69) is 4.74 Å². The number of aldehydes is 1. The Morgan fingerprint density at radius 2 is 2.29 bits per heavy atom. The molecule has 0 heterocycles. The van der Waals surface area contributed by atoms with E-state index in [9.17, 15) is 9.18 Å². The van der Waals surface area contributed by atoms with Gasteiger partial charge in [-0.3, -0.25) is 4.79 Å². The number of halogens is 2. The second kappa shape index (κ2) is 4.93. The lowest BCUT2D eigenvalue weighted by Gasteiger charge is -2.09. The van der Waals surface area contributed by atoms with Gasteiger partial charge in [0.2, 0.25) is 0 Å². The molecule has 76 valence electrons. The Hall–Kier alpha value is -1.13. The van der Waals surface area contributed by atoms with E-state index in [1.165, 1.54) is 13.2 Å². The fourth-order valence-corrected chi connectivity index (χ4v) is 1.13. The van der Waals surface area contributed by atoms with Gasteiger partial charge in [-0.05, 0) is 12.1 Å². The van der Waals surface area contributed by atoms with Gasteiger partial charge in [-0.1, -0.05) is 11.6 Å². The van der Waals surface area contributed by atoms with E-state index in [0.29, 0.717) is 6.29 Å². The van der Waals surface area contributed by atoms with Crippen molar-refractivity contribution in [3.8, 4) is 5.75 Å². The molecule has 0 radical (unpaired) electrons. The van der Waals surface area contributed by atoms with Gasteiger partial charge in [0.15, 0.2) is 18.8 Å². The third kappa shape index (κ3) is 2.21. The second-order valence-electron chi connectivity index (χ2n) is 2.45. The minimum Gasteiger partial charge on any atom is -0.465 e. The van der Waals surface area contributed by atoms with E-state index in [0.717, 1.165) is 6.07 Å². The van der Waals surface area contributed by atoms with Crippen LogP contribution in [0, 0.1) is 5.82 Å². The first-order valence-corrected chi connectivity index (χ1v) is 4.13. The van der Waals surface area contributed by atoms with Crippen LogP contribution in [0.4, 0.5) is 4.39 Å². The molecule has 0 spiro atoms. The molecule has 0 saturated carbocycles. The second-order valence-corrected chi connectivity index (χ2v) is 2.83. The molecule has 0 aliphatic rings. The zero-order valence-electron chi connectivity index (χ0n) is 7.42. The van der Waals surface area contributed by atoms with Gasteiger partial charge in [-0.25, -0.2) is 4.39 Å². The number of hydrogen-bond acceptors (Lipinski definition) is 3. The topological polar surface area (TPSA) is 35.5 Å². The molecular weight excluding hydrogens is 211 g/mol. The summed E-state index contributed by atoms with van der Waals surface area (Å²) >= 11 is 5.60. The Morgan fingerprint density at radius 1 is 1.57 bits per heavy atom. The van der Waals surface area contributed by atoms with Crippen molar-refractivity contribution in [2.75, 3.05) is 13.9 Å². The molecule has 0 N–H and O–H groups in total. The zero-order valence-corrected chi connectivity index (χ0v) is 8.18. The lowest BCUT2D eigenvalue weighted by Crippen LogP contribution is -2.02. The van der Waals surface area contributed by atoms with Gasteiger partial charge in [0, 0.05) is 7.11 Å². The van der Waals surface area contributed by atoms with Crippen LogP contribution in [0.25, 0.3) is 0 Å². The summed E-state index contributed by atoms with van der Waals surface area (Å²) in [7, 11) is 1.41. The van der Waals surface area contributed by atoms with Crippen LogP contribution in [0.5, 0.6) is 5.75 Å². The molecule has 0 aliphatic carbocycles. The summed E-state index contributed by atoms with van der Waals surface area (Å²) in [5, 5.41) is -0.216. The van der Waals surface area contributed by atoms with Crippen molar-refractivity contribution in [1.82, 2.24) is 0 Å². The number of methoxy groups -OCH3 is 1. The highest BCUT2D eigenvalue weighted by Gasteiger charge is 2.12. The van der Waals surface area contributed by atoms with E-state index >= 15 is 0 Å².